The molecule has 0 N–H and O–H groups in total. The fraction of sp³-hybridized carbons (Fsp3) is 0.300. The maximum Gasteiger partial charge on any atom is 0.151 e. The summed E-state index contributed by atoms with van der Waals surface area (Å²) in [5.41, 5.74) is 1.85. The highest BCUT2D eigenvalue weighted by Gasteiger charge is 2.23. The van der Waals surface area contributed by atoms with Crippen molar-refractivity contribution in [2.45, 2.75) is 18.8 Å². The molecule has 0 atom stereocenters. The lowest BCUT2D eigenvalue weighted by Gasteiger charge is -2.00. The smallest absolute Gasteiger partial charge is 0.151 e. The van der Waals surface area contributed by atoms with E-state index >= 15 is 0 Å². The van der Waals surface area contributed by atoms with Crippen LogP contribution in [-0.4, -0.2) is 6.29 Å². The van der Waals surface area contributed by atoms with Gasteiger partial charge in [-0.2, -0.15) is 0 Å². The third kappa shape index (κ3) is 1.37. The molecule has 2 rings (SSSR count). The van der Waals surface area contributed by atoms with Crippen molar-refractivity contribution < 1.29 is 4.79 Å². The zero-order valence-electron chi connectivity index (χ0n) is 6.59. The van der Waals surface area contributed by atoms with Crippen molar-refractivity contribution in [2.24, 2.45) is 0 Å². The molecule has 62 valence electrons. The molecule has 12 heavy (non-hydrogen) atoms. The first-order chi connectivity index (χ1) is 5.81. The summed E-state index contributed by atoms with van der Waals surface area (Å²) in [6.45, 7) is 0. The molecule has 1 aliphatic carbocycles. The third-order valence-electron chi connectivity index (χ3n) is 2.20. The van der Waals surface area contributed by atoms with Crippen molar-refractivity contribution in [3.63, 3.8) is 0 Å². The molecule has 1 aromatic rings. The second-order valence-electron chi connectivity index (χ2n) is 3.17. The summed E-state index contributed by atoms with van der Waals surface area (Å²) in [6.07, 6.45) is 3.31. The molecular formula is C10H9ClO. The average Bonchev–Trinajstić information content (AvgIpc) is 2.86. The first-order valence-electron chi connectivity index (χ1n) is 4.06. The molecule has 1 aromatic carbocycles. The summed E-state index contributed by atoms with van der Waals surface area (Å²) < 4.78 is 0. The highest BCUT2D eigenvalue weighted by atomic mass is 35.5. The SMILES string of the molecule is O=Cc1ccc(C2CC2)cc1Cl. The van der Waals surface area contributed by atoms with E-state index in [2.05, 4.69) is 0 Å². The third-order valence-corrected chi connectivity index (χ3v) is 2.53. The van der Waals surface area contributed by atoms with Gasteiger partial charge in [-0.05, 0) is 36.5 Å². The molecule has 1 nitrogen and oxygen atoms in total. The Kier molecular flexibility index (Phi) is 1.89. The molecule has 0 aliphatic heterocycles. The van der Waals surface area contributed by atoms with Crippen molar-refractivity contribution in [1.29, 1.82) is 0 Å². The van der Waals surface area contributed by atoms with Crippen LogP contribution < -0.4 is 0 Å². The Balaban J connectivity index is 2.36. The Hall–Kier alpha value is -0.820. The summed E-state index contributed by atoms with van der Waals surface area (Å²) in [6, 6.07) is 5.69. The molecule has 0 saturated heterocycles. The molecule has 0 unspecified atom stereocenters. The molecule has 1 fully saturated rings. The van der Waals surface area contributed by atoms with E-state index in [9.17, 15) is 4.79 Å². The maximum absolute atomic E-state index is 10.4. The topological polar surface area (TPSA) is 17.1 Å². The van der Waals surface area contributed by atoms with E-state index < -0.39 is 0 Å². The number of carbonyl (C=O) groups is 1. The summed E-state index contributed by atoms with van der Waals surface area (Å²) in [4.78, 5) is 10.4. The van der Waals surface area contributed by atoms with Crippen LogP contribution in [0, 0.1) is 0 Å². The number of benzene rings is 1. The molecular weight excluding hydrogens is 172 g/mol. The van der Waals surface area contributed by atoms with Crippen LogP contribution in [0.25, 0.3) is 0 Å². The van der Waals surface area contributed by atoms with E-state index in [1.165, 1.54) is 18.4 Å². The van der Waals surface area contributed by atoms with Gasteiger partial charge in [-0.1, -0.05) is 17.7 Å². The fourth-order valence-electron chi connectivity index (χ4n) is 1.31. The van der Waals surface area contributed by atoms with Gasteiger partial charge in [0, 0.05) is 5.56 Å². The maximum atomic E-state index is 10.4. The van der Waals surface area contributed by atoms with Crippen LogP contribution in [0.3, 0.4) is 0 Å². The molecule has 2 heteroatoms. The van der Waals surface area contributed by atoms with E-state index in [1.807, 2.05) is 12.1 Å². The lowest BCUT2D eigenvalue weighted by Crippen LogP contribution is -1.84. The Bertz CT molecular complexity index is 316. The highest BCUT2D eigenvalue weighted by Crippen LogP contribution is 2.40. The minimum atomic E-state index is 0.578. The summed E-state index contributed by atoms with van der Waals surface area (Å²) in [5, 5.41) is 0.578. The van der Waals surface area contributed by atoms with Gasteiger partial charge in [0.2, 0.25) is 0 Å². The van der Waals surface area contributed by atoms with Crippen LogP contribution >= 0.6 is 11.6 Å². The Morgan fingerprint density at radius 2 is 2.17 bits per heavy atom. The molecule has 0 radical (unpaired) electrons. The predicted molar refractivity (Wildman–Crippen MR) is 48.8 cm³/mol. The van der Waals surface area contributed by atoms with Crippen LogP contribution in [-0.2, 0) is 0 Å². The second kappa shape index (κ2) is 2.91. The minimum Gasteiger partial charge on any atom is -0.298 e. The van der Waals surface area contributed by atoms with Crippen molar-refractivity contribution in [3.05, 3.63) is 34.3 Å². The van der Waals surface area contributed by atoms with E-state index in [0.29, 0.717) is 16.5 Å². The van der Waals surface area contributed by atoms with Gasteiger partial charge >= 0.3 is 0 Å². The zero-order chi connectivity index (χ0) is 8.55. The normalized spacial score (nSPS) is 16.1. The van der Waals surface area contributed by atoms with Crippen LogP contribution in [0.15, 0.2) is 18.2 Å². The monoisotopic (exact) mass is 180 g/mol. The van der Waals surface area contributed by atoms with E-state index in [1.54, 1.807) is 6.07 Å². The van der Waals surface area contributed by atoms with Gasteiger partial charge in [0.25, 0.3) is 0 Å². The molecule has 0 bridgehead atoms. The van der Waals surface area contributed by atoms with Gasteiger partial charge in [0.15, 0.2) is 6.29 Å². The van der Waals surface area contributed by atoms with Crippen LogP contribution in [0.2, 0.25) is 5.02 Å². The number of rotatable bonds is 2. The first-order valence-corrected chi connectivity index (χ1v) is 4.43. The van der Waals surface area contributed by atoms with Gasteiger partial charge in [-0.25, -0.2) is 0 Å². The van der Waals surface area contributed by atoms with Crippen molar-refractivity contribution in [1.82, 2.24) is 0 Å². The second-order valence-corrected chi connectivity index (χ2v) is 3.58. The largest absolute Gasteiger partial charge is 0.298 e. The van der Waals surface area contributed by atoms with E-state index in [4.69, 9.17) is 11.6 Å². The van der Waals surface area contributed by atoms with Gasteiger partial charge in [0.05, 0.1) is 5.02 Å². The zero-order valence-corrected chi connectivity index (χ0v) is 7.34. The Labute approximate surface area is 76.4 Å². The number of hydrogen-bond acceptors (Lipinski definition) is 1. The summed E-state index contributed by atoms with van der Waals surface area (Å²) in [5.74, 6) is 0.697. The minimum absolute atomic E-state index is 0.578. The Morgan fingerprint density at radius 1 is 1.42 bits per heavy atom. The molecule has 0 heterocycles. The fourth-order valence-corrected chi connectivity index (χ4v) is 1.54. The average molecular weight is 181 g/mol. The van der Waals surface area contributed by atoms with Crippen LogP contribution in [0.4, 0.5) is 0 Å². The molecule has 0 amide bonds. The lowest BCUT2D eigenvalue weighted by atomic mass is 10.1. The molecule has 0 spiro atoms. The molecule has 1 saturated carbocycles. The van der Waals surface area contributed by atoms with Gasteiger partial charge in [-0.15, -0.1) is 0 Å². The standard InChI is InChI=1S/C10H9ClO/c11-10-5-8(7-1-2-7)3-4-9(10)6-12/h3-7H,1-2H2. The van der Waals surface area contributed by atoms with Crippen LogP contribution in [0.1, 0.15) is 34.7 Å². The van der Waals surface area contributed by atoms with E-state index in [-0.39, 0.29) is 0 Å². The number of hydrogen-bond donors (Lipinski definition) is 0. The lowest BCUT2D eigenvalue weighted by molar-refractivity contribution is 0.112. The van der Waals surface area contributed by atoms with Crippen molar-refractivity contribution in [2.75, 3.05) is 0 Å². The van der Waals surface area contributed by atoms with Crippen LogP contribution in [0.5, 0.6) is 0 Å². The quantitative estimate of drug-likeness (QED) is 0.640. The molecule has 1 aliphatic rings. The number of carbonyl (C=O) groups excluding carboxylic acids is 1. The number of halogens is 1. The van der Waals surface area contributed by atoms with Gasteiger partial charge in [0.1, 0.15) is 0 Å². The first kappa shape index (κ1) is 7.81. The Morgan fingerprint density at radius 3 is 2.67 bits per heavy atom. The number of aldehydes is 1. The van der Waals surface area contributed by atoms with Crippen molar-refractivity contribution >= 4 is 17.9 Å². The molecule has 0 aromatic heterocycles. The van der Waals surface area contributed by atoms with Gasteiger partial charge in [-0.3, -0.25) is 4.79 Å². The van der Waals surface area contributed by atoms with Crippen molar-refractivity contribution in [3.8, 4) is 0 Å². The van der Waals surface area contributed by atoms with E-state index in [0.717, 1.165) is 6.29 Å². The summed E-state index contributed by atoms with van der Waals surface area (Å²) >= 11 is 5.87. The summed E-state index contributed by atoms with van der Waals surface area (Å²) in [7, 11) is 0. The van der Waals surface area contributed by atoms with Gasteiger partial charge < -0.3 is 0 Å². The predicted octanol–water partition coefficient (Wildman–Crippen LogP) is 3.03. The highest BCUT2D eigenvalue weighted by molar-refractivity contribution is 6.33.